The summed E-state index contributed by atoms with van der Waals surface area (Å²) >= 11 is 3.43. The van der Waals surface area contributed by atoms with Gasteiger partial charge in [0.1, 0.15) is 0 Å². The first kappa shape index (κ1) is 20.4. The van der Waals surface area contributed by atoms with Gasteiger partial charge in [-0.1, -0.05) is 40.2 Å². The summed E-state index contributed by atoms with van der Waals surface area (Å²) in [5.74, 6) is -0.0696. The fourth-order valence-corrected chi connectivity index (χ4v) is 3.96. The fourth-order valence-electron chi connectivity index (χ4n) is 2.49. The summed E-state index contributed by atoms with van der Waals surface area (Å²) in [6.45, 7) is 4.22. The van der Waals surface area contributed by atoms with E-state index in [1.54, 1.807) is 24.3 Å². The third-order valence-corrected chi connectivity index (χ3v) is 5.67. The molecule has 6 nitrogen and oxygen atoms in total. The van der Waals surface area contributed by atoms with Crippen LogP contribution in [0.4, 0.5) is 10.5 Å². The first-order valence-corrected chi connectivity index (χ1v) is 10.5. The lowest BCUT2D eigenvalue weighted by molar-refractivity contribution is 0.251. The fraction of sp³-hybridized carbons (Fsp3) is 0.278. The Balaban J connectivity index is 1.94. The number of nitrogens with one attached hydrogen (secondary N) is 3. The minimum absolute atomic E-state index is 0.0696. The first-order chi connectivity index (χ1) is 12.2. The van der Waals surface area contributed by atoms with Crippen LogP contribution >= 0.6 is 15.9 Å². The quantitative estimate of drug-likeness (QED) is 0.643. The molecule has 0 saturated carbocycles. The van der Waals surface area contributed by atoms with Crippen LogP contribution in [0, 0.1) is 13.8 Å². The van der Waals surface area contributed by atoms with Crippen molar-refractivity contribution in [1.29, 1.82) is 0 Å². The van der Waals surface area contributed by atoms with Gasteiger partial charge in [-0.05, 0) is 55.3 Å². The van der Waals surface area contributed by atoms with E-state index in [1.165, 1.54) is 7.05 Å². The molecule has 0 radical (unpaired) electrons. The molecule has 0 atom stereocenters. The maximum Gasteiger partial charge on any atom is 0.319 e. The van der Waals surface area contributed by atoms with Crippen LogP contribution in [0.25, 0.3) is 0 Å². The topological polar surface area (TPSA) is 87.3 Å². The molecule has 0 heterocycles. The second kappa shape index (κ2) is 8.66. The number of carbonyl (C=O) groups excluding carboxylic acids is 1. The van der Waals surface area contributed by atoms with E-state index in [2.05, 4.69) is 31.3 Å². The Kier molecular flexibility index (Phi) is 6.80. The number of anilines is 1. The molecule has 0 bridgehead atoms. The monoisotopic (exact) mass is 439 g/mol. The molecule has 0 unspecified atom stereocenters. The van der Waals surface area contributed by atoms with Gasteiger partial charge in [0.2, 0.25) is 10.0 Å². The number of hydrogen-bond acceptors (Lipinski definition) is 3. The Labute approximate surface area is 162 Å². The van der Waals surface area contributed by atoms with Gasteiger partial charge in [-0.25, -0.2) is 17.9 Å². The molecule has 0 aliphatic heterocycles. The van der Waals surface area contributed by atoms with E-state index in [9.17, 15) is 13.2 Å². The van der Waals surface area contributed by atoms with Crippen LogP contribution in [0.2, 0.25) is 0 Å². The van der Waals surface area contributed by atoms with Crippen molar-refractivity contribution in [3.63, 3.8) is 0 Å². The highest BCUT2D eigenvalue weighted by Crippen LogP contribution is 2.24. The molecule has 3 N–H and O–H groups in total. The van der Waals surface area contributed by atoms with Crippen molar-refractivity contribution in [2.75, 3.05) is 12.4 Å². The van der Waals surface area contributed by atoms with E-state index >= 15 is 0 Å². The molecule has 0 fully saturated rings. The van der Waals surface area contributed by atoms with E-state index in [1.807, 2.05) is 26.0 Å². The SMILES string of the molecule is CNS(=O)(=O)Cc1ccc(CNC(=O)Nc2c(C)cc(Br)cc2C)cc1. The van der Waals surface area contributed by atoms with Gasteiger partial charge >= 0.3 is 6.03 Å². The second-order valence-electron chi connectivity index (χ2n) is 6.00. The van der Waals surface area contributed by atoms with Crippen molar-refractivity contribution < 1.29 is 13.2 Å². The highest BCUT2D eigenvalue weighted by atomic mass is 79.9. The standard InChI is InChI=1S/C18H22BrN3O3S/c1-12-8-16(19)9-13(2)17(12)22-18(23)21-10-14-4-6-15(7-5-14)11-26(24,25)20-3/h4-9,20H,10-11H2,1-3H3,(H2,21,22,23). The minimum atomic E-state index is -3.29. The lowest BCUT2D eigenvalue weighted by Crippen LogP contribution is -2.28. The third kappa shape index (κ3) is 5.82. The van der Waals surface area contributed by atoms with E-state index in [4.69, 9.17) is 0 Å². The zero-order valence-electron chi connectivity index (χ0n) is 14.9. The number of halogens is 1. The normalized spacial score (nSPS) is 11.2. The number of rotatable bonds is 6. The van der Waals surface area contributed by atoms with Crippen LogP contribution in [0.3, 0.4) is 0 Å². The van der Waals surface area contributed by atoms with Gasteiger partial charge in [-0.2, -0.15) is 0 Å². The molecule has 0 saturated heterocycles. The molecule has 8 heteroatoms. The van der Waals surface area contributed by atoms with Crippen LogP contribution in [-0.2, 0) is 22.3 Å². The molecule has 0 aliphatic carbocycles. The van der Waals surface area contributed by atoms with E-state index in [0.717, 1.165) is 26.9 Å². The lowest BCUT2D eigenvalue weighted by Gasteiger charge is -2.13. The summed E-state index contributed by atoms with van der Waals surface area (Å²) in [4.78, 5) is 12.1. The molecule has 2 aromatic rings. The minimum Gasteiger partial charge on any atom is -0.334 e. The molecule has 2 aromatic carbocycles. The van der Waals surface area contributed by atoms with Gasteiger partial charge in [0.25, 0.3) is 0 Å². The Morgan fingerprint density at radius 2 is 1.58 bits per heavy atom. The summed E-state index contributed by atoms with van der Waals surface area (Å²) in [5, 5.41) is 5.67. The van der Waals surface area contributed by atoms with Gasteiger partial charge in [0.05, 0.1) is 5.75 Å². The van der Waals surface area contributed by atoms with Crippen molar-refractivity contribution in [3.05, 3.63) is 63.1 Å². The van der Waals surface area contributed by atoms with E-state index in [-0.39, 0.29) is 11.8 Å². The number of benzene rings is 2. The molecule has 2 rings (SSSR count). The Morgan fingerprint density at radius 1 is 1.04 bits per heavy atom. The number of carbonyl (C=O) groups is 1. The van der Waals surface area contributed by atoms with Gasteiger partial charge in [0, 0.05) is 16.7 Å². The van der Waals surface area contributed by atoms with Crippen molar-refractivity contribution in [2.24, 2.45) is 0 Å². The average Bonchev–Trinajstić information content (AvgIpc) is 2.57. The summed E-state index contributed by atoms with van der Waals surface area (Å²) in [5.41, 5.74) is 4.31. The number of sulfonamides is 1. The molecule has 26 heavy (non-hydrogen) atoms. The molecule has 2 amide bonds. The largest absolute Gasteiger partial charge is 0.334 e. The van der Waals surface area contributed by atoms with Crippen molar-refractivity contribution >= 4 is 37.7 Å². The zero-order valence-corrected chi connectivity index (χ0v) is 17.3. The maximum atomic E-state index is 12.1. The smallest absolute Gasteiger partial charge is 0.319 e. The zero-order chi connectivity index (χ0) is 19.3. The van der Waals surface area contributed by atoms with Gasteiger partial charge in [-0.15, -0.1) is 0 Å². The number of hydrogen-bond donors (Lipinski definition) is 3. The highest BCUT2D eigenvalue weighted by Gasteiger charge is 2.10. The summed E-state index contributed by atoms with van der Waals surface area (Å²) in [6.07, 6.45) is 0. The van der Waals surface area contributed by atoms with E-state index in [0.29, 0.717) is 12.1 Å². The van der Waals surface area contributed by atoms with Crippen LogP contribution in [0.5, 0.6) is 0 Å². The van der Waals surface area contributed by atoms with Crippen molar-refractivity contribution in [3.8, 4) is 0 Å². The van der Waals surface area contributed by atoms with Gasteiger partial charge in [0.15, 0.2) is 0 Å². The molecule has 140 valence electrons. The molecule has 0 spiro atoms. The molecular formula is C18H22BrN3O3S. The van der Waals surface area contributed by atoms with Crippen molar-refractivity contribution in [2.45, 2.75) is 26.1 Å². The van der Waals surface area contributed by atoms with Gasteiger partial charge in [-0.3, -0.25) is 0 Å². The highest BCUT2D eigenvalue weighted by molar-refractivity contribution is 9.10. The Bertz CT molecular complexity index is 873. The van der Waals surface area contributed by atoms with Crippen LogP contribution in [0.15, 0.2) is 40.9 Å². The average molecular weight is 440 g/mol. The lowest BCUT2D eigenvalue weighted by atomic mass is 10.1. The molecular weight excluding hydrogens is 418 g/mol. The second-order valence-corrected chi connectivity index (χ2v) is 8.84. The predicted octanol–water partition coefficient (Wildman–Crippen LogP) is 3.44. The van der Waals surface area contributed by atoms with Crippen LogP contribution in [0.1, 0.15) is 22.3 Å². The van der Waals surface area contributed by atoms with Gasteiger partial charge < -0.3 is 10.6 Å². The maximum absolute atomic E-state index is 12.1. The molecule has 0 aromatic heterocycles. The summed E-state index contributed by atoms with van der Waals surface area (Å²) < 4.78 is 26.3. The Hall–Kier alpha value is -1.90. The number of aryl methyl sites for hydroxylation is 2. The van der Waals surface area contributed by atoms with Crippen LogP contribution in [-0.4, -0.2) is 21.5 Å². The first-order valence-electron chi connectivity index (χ1n) is 8.01. The number of amides is 2. The predicted molar refractivity (Wildman–Crippen MR) is 108 cm³/mol. The van der Waals surface area contributed by atoms with Crippen LogP contribution < -0.4 is 15.4 Å². The van der Waals surface area contributed by atoms with E-state index < -0.39 is 10.0 Å². The molecule has 0 aliphatic rings. The summed E-state index contributed by atoms with van der Waals surface area (Å²) in [7, 11) is -1.90. The number of urea groups is 1. The summed E-state index contributed by atoms with van der Waals surface area (Å²) in [6, 6.07) is 10.7. The van der Waals surface area contributed by atoms with Crippen molar-refractivity contribution in [1.82, 2.24) is 10.0 Å². The third-order valence-electron chi connectivity index (χ3n) is 3.88. The Morgan fingerprint density at radius 3 is 2.12 bits per heavy atom.